The van der Waals surface area contributed by atoms with Crippen LogP contribution in [0.15, 0.2) is 186 Å². The number of furan rings is 1. The van der Waals surface area contributed by atoms with Crippen molar-refractivity contribution < 1.29 is 4.42 Å². The maximum Gasteiger partial charge on any atom is 0.136 e. The van der Waals surface area contributed by atoms with Gasteiger partial charge in [0, 0.05) is 16.2 Å². The van der Waals surface area contributed by atoms with E-state index in [0.29, 0.717) is 0 Å². The first-order valence-electron chi connectivity index (χ1n) is 19.6. The van der Waals surface area contributed by atoms with E-state index in [1.165, 1.54) is 104 Å². The number of fused-ring (bicyclic) bond motifs is 11. The molecule has 1 heteroatoms. The van der Waals surface area contributed by atoms with Gasteiger partial charge in [0.25, 0.3) is 0 Å². The van der Waals surface area contributed by atoms with Gasteiger partial charge < -0.3 is 4.42 Å². The molecule has 0 bridgehead atoms. The highest BCUT2D eigenvalue weighted by molar-refractivity contribution is 6.24. The van der Waals surface area contributed by atoms with Crippen molar-refractivity contribution in [3.63, 3.8) is 0 Å². The van der Waals surface area contributed by atoms with E-state index in [0.717, 1.165) is 16.6 Å². The van der Waals surface area contributed by atoms with Crippen LogP contribution in [0.5, 0.6) is 0 Å². The molecule has 1 aliphatic carbocycles. The molecule has 0 saturated heterocycles. The Labute approximate surface area is 325 Å². The van der Waals surface area contributed by atoms with Gasteiger partial charge in [-0.15, -0.1) is 0 Å². The van der Waals surface area contributed by atoms with Crippen molar-refractivity contribution in [3.8, 4) is 44.5 Å². The highest BCUT2D eigenvalue weighted by Crippen LogP contribution is 2.54. The lowest BCUT2D eigenvalue weighted by Gasteiger charge is -2.22. The van der Waals surface area contributed by atoms with Gasteiger partial charge in [-0.2, -0.15) is 0 Å². The minimum atomic E-state index is -0.0938. The molecule has 0 radical (unpaired) electrons. The van der Waals surface area contributed by atoms with E-state index in [1.54, 1.807) is 0 Å². The van der Waals surface area contributed by atoms with Crippen molar-refractivity contribution in [1.29, 1.82) is 0 Å². The summed E-state index contributed by atoms with van der Waals surface area (Å²) in [4.78, 5) is 0. The van der Waals surface area contributed by atoms with Gasteiger partial charge in [0.1, 0.15) is 11.2 Å². The summed E-state index contributed by atoms with van der Waals surface area (Å²) < 4.78 is 6.43. The van der Waals surface area contributed by atoms with Crippen LogP contribution in [-0.2, 0) is 5.41 Å². The lowest BCUT2D eigenvalue weighted by atomic mass is 9.81. The Kier molecular flexibility index (Phi) is 6.46. The van der Waals surface area contributed by atoms with Crippen LogP contribution in [0.3, 0.4) is 0 Å². The molecule has 0 spiro atoms. The average Bonchev–Trinajstić information content (AvgIpc) is 3.73. The zero-order valence-electron chi connectivity index (χ0n) is 31.2. The van der Waals surface area contributed by atoms with Gasteiger partial charge in [-0.1, -0.05) is 159 Å². The maximum atomic E-state index is 6.43. The third kappa shape index (κ3) is 4.37. The zero-order chi connectivity index (χ0) is 37.1. The van der Waals surface area contributed by atoms with Gasteiger partial charge in [0.2, 0.25) is 0 Å². The molecule has 12 rings (SSSR count). The summed E-state index contributed by atoms with van der Waals surface area (Å²) in [5.74, 6) is 0. The van der Waals surface area contributed by atoms with Crippen molar-refractivity contribution >= 4 is 65.0 Å². The van der Waals surface area contributed by atoms with Crippen LogP contribution >= 0.6 is 0 Å². The summed E-state index contributed by atoms with van der Waals surface area (Å²) in [5.41, 5.74) is 14.7. The largest absolute Gasteiger partial charge is 0.456 e. The van der Waals surface area contributed by atoms with Gasteiger partial charge in [0.15, 0.2) is 0 Å². The van der Waals surface area contributed by atoms with Gasteiger partial charge in [-0.05, 0) is 135 Å². The summed E-state index contributed by atoms with van der Waals surface area (Å²) in [6, 6.07) is 67.2. The van der Waals surface area contributed by atoms with Crippen LogP contribution in [-0.4, -0.2) is 0 Å². The molecule has 1 aromatic heterocycles. The van der Waals surface area contributed by atoms with Crippen molar-refractivity contribution in [1.82, 2.24) is 0 Å². The van der Waals surface area contributed by atoms with Crippen molar-refractivity contribution in [2.24, 2.45) is 0 Å². The molecule has 262 valence electrons. The lowest BCUT2D eigenvalue weighted by Crippen LogP contribution is -2.14. The predicted octanol–water partition coefficient (Wildman–Crippen LogP) is 15.5. The molecule has 1 nitrogen and oxygen atoms in total. The summed E-state index contributed by atoms with van der Waals surface area (Å²) in [7, 11) is 0. The molecule has 0 saturated carbocycles. The second-order valence-electron chi connectivity index (χ2n) is 16.0. The Morgan fingerprint density at radius 3 is 1.62 bits per heavy atom. The lowest BCUT2D eigenvalue weighted by molar-refractivity contribution is 0.661. The van der Waals surface area contributed by atoms with E-state index in [9.17, 15) is 0 Å². The minimum Gasteiger partial charge on any atom is -0.456 e. The van der Waals surface area contributed by atoms with Crippen LogP contribution in [0.2, 0.25) is 0 Å². The molecule has 1 aliphatic rings. The molecule has 1 heterocycles. The van der Waals surface area contributed by atoms with E-state index in [1.807, 2.05) is 0 Å². The molecule has 0 amide bonds. The number of hydrogen-bond donors (Lipinski definition) is 0. The predicted molar refractivity (Wildman–Crippen MR) is 238 cm³/mol. The van der Waals surface area contributed by atoms with Crippen LogP contribution in [0.25, 0.3) is 110 Å². The number of hydrogen-bond acceptors (Lipinski definition) is 1. The second-order valence-corrected chi connectivity index (χ2v) is 16.0. The van der Waals surface area contributed by atoms with E-state index >= 15 is 0 Å². The monoisotopic (exact) mass is 712 g/mol. The SMILES string of the molecule is CC1(C)c2cc3ccccc3cc2-c2c(-c3cccc(-c4c5ccccc5c(-c5ccc6oc7ccc8ccccc8c7c6c5)c5ccccc45)c3)cccc21. The highest BCUT2D eigenvalue weighted by atomic mass is 16.3. The van der Waals surface area contributed by atoms with Crippen LogP contribution in [0, 0.1) is 0 Å². The van der Waals surface area contributed by atoms with Crippen molar-refractivity contribution in [2.75, 3.05) is 0 Å². The molecule has 56 heavy (non-hydrogen) atoms. The first kappa shape index (κ1) is 31.4. The van der Waals surface area contributed by atoms with Gasteiger partial charge >= 0.3 is 0 Å². The summed E-state index contributed by atoms with van der Waals surface area (Å²) in [6.07, 6.45) is 0. The van der Waals surface area contributed by atoms with Gasteiger partial charge in [-0.25, -0.2) is 0 Å². The van der Waals surface area contributed by atoms with Gasteiger partial charge in [-0.3, -0.25) is 0 Å². The summed E-state index contributed by atoms with van der Waals surface area (Å²) in [6.45, 7) is 4.75. The molecule has 0 N–H and O–H groups in total. The quantitative estimate of drug-likeness (QED) is 0.166. The van der Waals surface area contributed by atoms with Gasteiger partial charge in [0.05, 0.1) is 0 Å². The molecule has 0 aliphatic heterocycles. The topological polar surface area (TPSA) is 13.1 Å². The van der Waals surface area contributed by atoms with E-state index in [-0.39, 0.29) is 5.41 Å². The summed E-state index contributed by atoms with van der Waals surface area (Å²) >= 11 is 0. The number of benzene rings is 10. The second kappa shape index (κ2) is 11.5. The first-order chi connectivity index (χ1) is 27.5. The van der Waals surface area contributed by atoms with Crippen LogP contribution < -0.4 is 0 Å². The Hall–Kier alpha value is -6.96. The minimum absolute atomic E-state index is 0.0938. The van der Waals surface area contributed by atoms with E-state index < -0.39 is 0 Å². The Morgan fingerprint density at radius 1 is 0.339 bits per heavy atom. The first-order valence-corrected chi connectivity index (χ1v) is 19.6. The molecule has 0 atom stereocenters. The zero-order valence-corrected chi connectivity index (χ0v) is 31.2. The Morgan fingerprint density at radius 2 is 0.911 bits per heavy atom. The fraction of sp³-hybridized carbons (Fsp3) is 0.0545. The standard InChI is InChI=1S/C55H36O/c1-55(2)47-24-12-23-40(53(47)45-30-34-14-3-4-15-35(34)32-48(45)55)36-16-11-17-37(29-36)51-41-19-7-9-21-43(41)52(44-22-10-8-20-42(44)51)38-26-27-49-46(31-38)54-39-18-6-5-13-33(39)25-28-50(54)56-49/h3-32H,1-2H3. The molecular weight excluding hydrogens is 677 g/mol. The fourth-order valence-corrected chi connectivity index (χ4v) is 10.0. The third-order valence-corrected chi connectivity index (χ3v) is 12.6. The molecule has 10 aromatic carbocycles. The molecular formula is C55H36O. The average molecular weight is 713 g/mol. The molecule has 11 aromatic rings. The third-order valence-electron chi connectivity index (χ3n) is 12.6. The van der Waals surface area contributed by atoms with Crippen LogP contribution in [0.4, 0.5) is 0 Å². The molecule has 0 unspecified atom stereocenters. The highest BCUT2D eigenvalue weighted by Gasteiger charge is 2.37. The molecule has 0 fully saturated rings. The number of rotatable bonds is 3. The van der Waals surface area contributed by atoms with E-state index in [4.69, 9.17) is 4.42 Å². The Bertz CT molecular complexity index is 3390. The maximum absolute atomic E-state index is 6.43. The van der Waals surface area contributed by atoms with Crippen LogP contribution in [0.1, 0.15) is 25.0 Å². The Balaban J connectivity index is 1.08. The van der Waals surface area contributed by atoms with E-state index in [2.05, 4.69) is 196 Å². The summed E-state index contributed by atoms with van der Waals surface area (Å²) in [5, 5.41) is 12.3. The van der Waals surface area contributed by atoms with Crippen molar-refractivity contribution in [3.05, 3.63) is 193 Å². The smallest absolute Gasteiger partial charge is 0.136 e. The fourth-order valence-electron chi connectivity index (χ4n) is 10.0. The van der Waals surface area contributed by atoms with Crippen molar-refractivity contribution in [2.45, 2.75) is 19.3 Å². The normalized spacial score (nSPS) is 13.3.